The average Bonchev–Trinajstić information content (AvgIpc) is 3.22. The molecule has 2 aromatic carbocycles. The summed E-state index contributed by atoms with van der Waals surface area (Å²) in [5.74, 6) is 0.485. The number of thioether (sulfide) groups is 1. The molecule has 0 aliphatic carbocycles. The summed E-state index contributed by atoms with van der Waals surface area (Å²) in [4.78, 5) is 5.77. The lowest BCUT2D eigenvalue weighted by molar-refractivity contribution is 0.587. The Hall–Kier alpha value is -2.38. The number of thiazole rings is 1. The molecule has 0 saturated heterocycles. The number of aromatic nitrogens is 3. The van der Waals surface area contributed by atoms with Crippen LogP contribution in [0, 0.1) is 0 Å². The van der Waals surface area contributed by atoms with Crippen LogP contribution in [0.4, 0.5) is 11.1 Å². The topological polar surface area (TPSA) is 63.8 Å². The van der Waals surface area contributed by atoms with E-state index in [0.717, 1.165) is 25.8 Å². The van der Waals surface area contributed by atoms with Gasteiger partial charge in [-0.05, 0) is 30.5 Å². The summed E-state index contributed by atoms with van der Waals surface area (Å²) in [6.45, 7) is 0. The first-order valence-electron chi connectivity index (χ1n) is 6.93. The fourth-order valence-electron chi connectivity index (χ4n) is 2.20. The van der Waals surface area contributed by atoms with Crippen molar-refractivity contribution >= 4 is 44.5 Å². The monoisotopic (exact) mass is 340 g/mol. The van der Waals surface area contributed by atoms with Crippen LogP contribution in [0.25, 0.3) is 21.7 Å². The molecule has 0 unspecified atom stereocenters. The van der Waals surface area contributed by atoms with Gasteiger partial charge < -0.3 is 4.42 Å². The molecular weight excluding hydrogens is 328 g/mol. The molecule has 4 aromatic rings. The number of hydrogen-bond donors (Lipinski definition) is 1. The number of nitrogens with zero attached hydrogens (tertiary/aromatic N) is 3. The fraction of sp³-hybridized carbons (Fsp3) is 0.0625. The van der Waals surface area contributed by atoms with Crippen molar-refractivity contribution in [3.63, 3.8) is 0 Å². The number of fused-ring (bicyclic) bond motifs is 1. The maximum Gasteiger partial charge on any atom is 0.322 e. The Bertz CT molecular complexity index is 949. The van der Waals surface area contributed by atoms with Crippen molar-refractivity contribution in [1.82, 2.24) is 15.2 Å². The number of benzene rings is 2. The van der Waals surface area contributed by atoms with Gasteiger partial charge >= 0.3 is 6.01 Å². The first-order chi connectivity index (χ1) is 11.3. The van der Waals surface area contributed by atoms with E-state index in [1.165, 1.54) is 0 Å². The van der Waals surface area contributed by atoms with Gasteiger partial charge in [-0.3, -0.25) is 5.32 Å². The highest BCUT2D eigenvalue weighted by atomic mass is 32.2. The Labute approximate surface area is 140 Å². The van der Waals surface area contributed by atoms with Gasteiger partial charge in [-0.2, -0.15) is 0 Å². The molecule has 5 nitrogen and oxygen atoms in total. The van der Waals surface area contributed by atoms with Gasteiger partial charge in [0.05, 0.1) is 10.2 Å². The maximum absolute atomic E-state index is 5.65. The van der Waals surface area contributed by atoms with Crippen molar-refractivity contribution in [1.29, 1.82) is 0 Å². The van der Waals surface area contributed by atoms with Crippen molar-refractivity contribution < 1.29 is 4.42 Å². The van der Waals surface area contributed by atoms with E-state index in [9.17, 15) is 0 Å². The lowest BCUT2D eigenvalue weighted by Gasteiger charge is -1.95. The third-order valence-corrected chi connectivity index (χ3v) is 4.97. The molecule has 0 saturated carbocycles. The molecule has 2 aromatic heterocycles. The summed E-state index contributed by atoms with van der Waals surface area (Å²) < 4.78 is 6.78. The van der Waals surface area contributed by atoms with Crippen LogP contribution in [0.2, 0.25) is 0 Å². The van der Waals surface area contributed by atoms with E-state index in [1.807, 2.05) is 42.7 Å². The molecule has 1 N–H and O–H groups in total. The van der Waals surface area contributed by atoms with Gasteiger partial charge in [0.2, 0.25) is 5.89 Å². The van der Waals surface area contributed by atoms with Gasteiger partial charge in [0, 0.05) is 10.5 Å². The van der Waals surface area contributed by atoms with Crippen molar-refractivity contribution in [3.05, 3.63) is 48.5 Å². The van der Waals surface area contributed by atoms with Gasteiger partial charge in [-0.15, -0.1) is 16.9 Å². The minimum Gasteiger partial charge on any atom is -0.403 e. The van der Waals surface area contributed by atoms with Crippen LogP contribution in [0.5, 0.6) is 0 Å². The first-order valence-corrected chi connectivity index (χ1v) is 8.97. The van der Waals surface area contributed by atoms with Crippen LogP contribution < -0.4 is 5.32 Å². The minimum atomic E-state index is 0.341. The quantitative estimate of drug-likeness (QED) is 0.538. The standard InChI is InChI=1S/C16H12N4OS2/c1-22-11-8-5-9-12-13(11)17-16(23-12)18-15-20-19-14(21-15)10-6-3-2-4-7-10/h2-9H,1H3,(H,17,18,20). The Balaban J connectivity index is 1.63. The molecule has 0 amide bonds. The Kier molecular flexibility index (Phi) is 3.72. The third-order valence-electron chi connectivity index (χ3n) is 3.26. The molecule has 0 radical (unpaired) electrons. The number of para-hydroxylation sites is 1. The van der Waals surface area contributed by atoms with Crippen molar-refractivity contribution in [2.24, 2.45) is 0 Å². The van der Waals surface area contributed by atoms with Crippen LogP contribution in [-0.4, -0.2) is 21.4 Å². The third kappa shape index (κ3) is 2.80. The molecule has 7 heteroatoms. The van der Waals surface area contributed by atoms with Gasteiger partial charge in [0.1, 0.15) is 0 Å². The zero-order chi connectivity index (χ0) is 15.6. The minimum absolute atomic E-state index is 0.341. The molecule has 0 spiro atoms. The Morgan fingerprint density at radius 3 is 2.74 bits per heavy atom. The van der Waals surface area contributed by atoms with E-state index in [-0.39, 0.29) is 0 Å². The molecule has 0 atom stereocenters. The van der Waals surface area contributed by atoms with Crippen LogP contribution in [-0.2, 0) is 0 Å². The highest BCUT2D eigenvalue weighted by Crippen LogP contribution is 2.33. The zero-order valence-electron chi connectivity index (χ0n) is 12.2. The predicted molar refractivity (Wildman–Crippen MR) is 94.4 cm³/mol. The van der Waals surface area contributed by atoms with Gasteiger partial charge in [-0.1, -0.05) is 40.7 Å². The van der Waals surface area contributed by atoms with Crippen LogP contribution >= 0.6 is 23.1 Å². The second-order valence-electron chi connectivity index (χ2n) is 4.73. The highest BCUT2D eigenvalue weighted by molar-refractivity contribution is 7.98. The Morgan fingerprint density at radius 1 is 1.04 bits per heavy atom. The summed E-state index contributed by atoms with van der Waals surface area (Å²) in [6, 6.07) is 16.2. The lowest BCUT2D eigenvalue weighted by Crippen LogP contribution is -1.88. The van der Waals surface area contributed by atoms with Gasteiger partial charge in [0.25, 0.3) is 0 Å². The van der Waals surface area contributed by atoms with Gasteiger partial charge in [0.15, 0.2) is 5.13 Å². The summed E-state index contributed by atoms with van der Waals surface area (Å²) in [5, 5.41) is 11.9. The lowest BCUT2D eigenvalue weighted by atomic mass is 10.2. The van der Waals surface area contributed by atoms with Crippen molar-refractivity contribution in [2.75, 3.05) is 11.6 Å². The molecule has 0 bridgehead atoms. The summed E-state index contributed by atoms with van der Waals surface area (Å²) in [6.07, 6.45) is 2.05. The van der Waals surface area contributed by atoms with E-state index >= 15 is 0 Å². The molecule has 2 heterocycles. The maximum atomic E-state index is 5.65. The molecular formula is C16H12N4OS2. The largest absolute Gasteiger partial charge is 0.403 e. The van der Waals surface area contributed by atoms with Crippen molar-refractivity contribution in [2.45, 2.75) is 4.90 Å². The molecule has 23 heavy (non-hydrogen) atoms. The summed E-state index contributed by atoms with van der Waals surface area (Å²) in [7, 11) is 0. The van der Waals surface area contributed by atoms with Crippen LogP contribution in [0.3, 0.4) is 0 Å². The summed E-state index contributed by atoms with van der Waals surface area (Å²) >= 11 is 3.25. The van der Waals surface area contributed by atoms with Gasteiger partial charge in [-0.25, -0.2) is 4.98 Å². The number of nitrogens with one attached hydrogen (secondary N) is 1. The van der Waals surface area contributed by atoms with E-state index in [2.05, 4.69) is 32.6 Å². The average molecular weight is 340 g/mol. The zero-order valence-corrected chi connectivity index (χ0v) is 13.8. The Morgan fingerprint density at radius 2 is 1.91 bits per heavy atom. The second kappa shape index (κ2) is 6.02. The molecule has 114 valence electrons. The van der Waals surface area contributed by atoms with Crippen LogP contribution in [0.1, 0.15) is 0 Å². The molecule has 0 aliphatic heterocycles. The fourth-order valence-corrected chi connectivity index (χ4v) is 3.71. The number of anilines is 2. The van der Waals surface area contributed by atoms with E-state index < -0.39 is 0 Å². The smallest absolute Gasteiger partial charge is 0.322 e. The number of hydrogen-bond acceptors (Lipinski definition) is 7. The van der Waals surface area contributed by atoms with E-state index in [4.69, 9.17) is 4.42 Å². The number of rotatable bonds is 4. The molecule has 0 aliphatic rings. The summed E-state index contributed by atoms with van der Waals surface area (Å²) in [5.41, 5.74) is 1.89. The van der Waals surface area contributed by atoms with E-state index in [1.54, 1.807) is 23.1 Å². The highest BCUT2D eigenvalue weighted by Gasteiger charge is 2.12. The predicted octanol–water partition coefficient (Wildman–Crippen LogP) is 4.81. The molecule has 0 fully saturated rings. The normalized spacial score (nSPS) is 11.0. The SMILES string of the molecule is CSc1cccc2sc(Nc3nnc(-c4ccccc4)o3)nc12. The van der Waals surface area contributed by atoms with Crippen LogP contribution in [0.15, 0.2) is 57.8 Å². The second-order valence-corrected chi connectivity index (χ2v) is 6.61. The first kappa shape index (κ1) is 14.2. The van der Waals surface area contributed by atoms with Crippen molar-refractivity contribution in [3.8, 4) is 11.5 Å². The molecule has 4 rings (SSSR count). The van der Waals surface area contributed by atoms with E-state index in [0.29, 0.717) is 11.9 Å².